The number of nitrogens with one attached hydrogen (secondary N) is 1. The van der Waals surface area contributed by atoms with E-state index in [1.165, 1.54) is 38.6 Å². The summed E-state index contributed by atoms with van der Waals surface area (Å²) in [6.45, 7) is 8.75. The number of hydrogen-bond acceptors (Lipinski definition) is 3. The molecule has 2 aliphatic rings. The molecular weight excluding hydrogens is 224 g/mol. The predicted octanol–water partition coefficient (Wildman–Crippen LogP) is 2.27. The van der Waals surface area contributed by atoms with Gasteiger partial charge < -0.3 is 10.1 Å². The van der Waals surface area contributed by atoms with Crippen LogP contribution in [-0.2, 0) is 4.74 Å². The zero-order valence-electron chi connectivity index (χ0n) is 12.4. The van der Waals surface area contributed by atoms with Gasteiger partial charge in [0.15, 0.2) is 0 Å². The van der Waals surface area contributed by atoms with Crippen LogP contribution < -0.4 is 5.32 Å². The lowest BCUT2D eigenvalue weighted by Crippen LogP contribution is -2.51. The van der Waals surface area contributed by atoms with Gasteiger partial charge in [-0.3, -0.25) is 4.90 Å². The first-order valence-electron chi connectivity index (χ1n) is 7.64. The average molecular weight is 254 g/mol. The quantitative estimate of drug-likeness (QED) is 0.782. The van der Waals surface area contributed by atoms with E-state index in [2.05, 4.69) is 31.1 Å². The molecule has 1 saturated heterocycles. The first-order valence-corrected chi connectivity index (χ1v) is 7.64. The Morgan fingerprint density at radius 2 is 2.00 bits per heavy atom. The Hall–Kier alpha value is -0.120. The minimum absolute atomic E-state index is 0.0398. The third-order valence-corrected chi connectivity index (χ3v) is 4.53. The van der Waals surface area contributed by atoms with E-state index in [9.17, 15) is 0 Å². The van der Waals surface area contributed by atoms with Gasteiger partial charge in [0.25, 0.3) is 0 Å². The maximum Gasteiger partial charge on any atom is 0.0753 e. The monoisotopic (exact) mass is 254 g/mol. The molecule has 0 spiro atoms. The molecule has 1 heterocycles. The van der Waals surface area contributed by atoms with Gasteiger partial charge in [-0.25, -0.2) is 0 Å². The molecule has 2 unspecified atom stereocenters. The van der Waals surface area contributed by atoms with Gasteiger partial charge in [0.1, 0.15) is 0 Å². The van der Waals surface area contributed by atoms with Gasteiger partial charge in [-0.2, -0.15) is 0 Å². The normalized spacial score (nSPS) is 34.2. The molecular formula is C15H30N2O. The van der Waals surface area contributed by atoms with Crippen molar-refractivity contribution in [3.8, 4) is 0 Å². The zero-order valence-corrected chi connectivity index (χ0v) is 12.4. The molecule has 1 saturated carbocycles. The molecule has 1 aliphatic carbocycles. The van der Waals surface area contributed by atoms with Crippen LogP contribution in [0.4, 0.5) is 0 Å². The van der Waals surface area contributed by atoms with E-state index >= 15 is 0 Å². The Labute approximate surface area is 112 Å². The van der Waals surface area contributed by atoms with Gasteiger partial charge in [-0.1, -0.05) is 19.3 Å². The smallest absolute Gasteiger partial charge is 0.0753 e. The third kappa shape index (κ3) is 3.94. The SMILES string of the molecule is CNC1CCCCCC1CN1CCOC(C)(C)C1. The van der Waals surface area contributed by atoms with Crippen molar-refractivity contribution in [1.29, 1.82) is 0 Å². The van der Waals surface area contributed by atoms with Gasteiger partial charge >= 0.3 is 0 Å². The fourth-order valence-corrected chi connectivity index (χ4v) is 3.58. The predicted molar refractivity (Wildman–Crippen MR) is 75.9 cm³/mol. The highest BCUT2D eigenvalue weighted by Crippen LogP contribution is 2.26. The van der Waals surface area contributed by atoms with Crippen molar-refractivity contribution >= 4 is 0 Å². The summed E-state index contributed by atoms with van der Waals surface area (Å²) in [6, 6.07) is 0.721. The van der Waals surface area contributed by atoms with E-state index in [1.54, 1.807) is 0 Å². The summed E-state index contributed by atoms with van der Waals surface area (Å²) >= 11 is 0. The Morgan fingerprint density at radius 3 is 2.72 bits per heavy atom. The molecule has 0 amide bonds. The minimum Gasteiger partial charge on any atom is -0.373 e. The molecule has 1 N–H and O–H groups in total. The first-order chi connectivity index (χ1) is 8.61. The van der Waals surface area contributed by atoms with Gasteiger partial charge in [0.05, 0.1) is 12.2 Å². The standard InChI is InChI=1S/C15H30N2O/c1-15(2)12-17(9-10-18-15)11-13-7-5-4-6-8-14(13)16-3/h13-14,16H,4-12H2,1-3H3. The number of ether oxygens (including phenoxy) is 1. The third-order valence-electron chi connectivity index (χ3n) is 4.53. The fraction of sp³-hybridized carbons (Fsp3) is 1.00. The zero-order chi connectivity index (χ0) is 13.0. The van der Waals surface area contributed by atoms with Gasteiger partial charge in [-0.05, 0) is 39.7 Å². The van der Waals surface area contributed by atoms with Crippen LogP contribution in [0.15, 0.2) is 0 Å². The lowest BCUT2D eigenvalue weighted by atomic mass is 9.93. The molecule has 3 nitrogen and oxygen atoms in total. The Bertz CT molecular complexity index is 255. The molecule has 0 radical (unpaired) electrons. The van der Waals surface area contributed by atoms with Gasteiger partial charge in [-0.15, -0.1) is 0 Å². The van der Waals surface area contributed by atoms with E-state index < -0.39 is 0 Å². The van der Waals surface area contributed by atoms with Crippen molar-refractivity contribution in [3.05, 3.63) is 0 Å². The van der Waals surface area contributed by atoms with Crippen LogP contribution in [0.1, 0.15) is 46.0 Å². The summed E-state index contributed by atoms with van der Waals surface area (Å²) in [4.78, 5) is 2.61. The van der Waals surface area contributed by atoms with Crippen molar-refractivity contribution in [3.63, 3.8) is 0 Å². The summed E-state index contributed by atoms with van der Waals surface area (Å²) in [5.74, 6) is 0.825. The lowest BCUT2D eigenvalue weighted by Gasteiger charge is -2.40. The second-order valence-electron chi connectivity index (χ2n) is 6.64. The molecule has 2 atom stereocenters. The van der Waals surface area contributed by atoms with E-state index in [0.717, 1.165) is 31.7 Å². The van der Waals surface area contributed by atoms with Crippen LogP contribution >= 0.6 is 0 Å². The number of morpholine rings is 1. The molecule has 3 heteroatoms. The van der Waals surface area contributed by atoms with Crippen LogP contribution in [0.2, 0.25) is 0 Å². The summed E-state index contributed by atoms with van der Waals surface area (Å²) in [5.41, 5.74) is 0.0398. The van der Waals surface area contributed by atoms with Gasteiger partial charge in [0, 0.05) is 25.7 Å². The highest BCUT2D eigenvalue weighted by atomic mass is 16.5. The maximum absolute atomic E-state index is 5.81. The fourth-order valence-electron chi connectivity index (χ4n) is 3.58. The second kappa shape index (κ2) is 6.36. The summed E-state index contributed by atoms with van der Waals surface area (Å²) < 4.78 is 5.81. The highest BCUT2D eigenvalue weighted by Gasteiger charge is 2.30. The van der Waals surface area contributed by atoms with Crippen LogP contribution in [0.5, 0.6) is 0 Å². The second-order valence-corrected chi connectivity index (χ2v) is 6.64. The van der Waals surface area contributed by atoms with Crippen LogP contribution in [0.3, 0.4) is 0 Å². The molecule has 2 fully saturated rings. The molecule has 0 aromatic heterocycles. The molecule has 18 heavy (non-hydrogen) atoms. The Morgan fingerprint density at radius 1 is 1.22 bits per heavy atom. The topological polar surface area (TPSA) is 24.5 Å². The van der Waals surface area contributed by atoms with Crippen LogP contribution in [-0.4, -0.2) is 49.8 Å². The number of rotatable bonds is 3. The van der Waals surface area contributed by atoms with E-state index in [1.807, 2.05) is 0 Å². The number of hydrogen-bond donors (Lipinski definition) is 1. The number of nitrogens with zero attached hydrogens (tertiary/aromatic N) is 1. The van der Waals surface area contributed by atoms with E-state index in [-0.39, 0.29) is 5.60 Å². The highest BCUT2D eigenvalue weighted by molar-refractivity contribution is 4.85. The first kappa shape index (κ1) is 14.3. The van der Waals surface area contributed by atoms with Crippen LogP contribution in [0, 0.1) is 5.92 Å². The molecule has 106 valence electrons. The largest absolute Gasteiger partial charge is 0.373 e. The molecule has 1 aliphatic heterocycles. The lowest BCUT2D eigenvalue weighted by molar-refractivity contribution is -0.0900. The van der Waals surface area contributed by atoms with Crippen molar-refractivity contribution in [2.24, 2.45) is 5.92 Å². The minimum atomic E-state index is 0.0398. The van der Waals surface area contributed by atoms with Crippen LogP contribution in [0.25, 0.3) is 0 Å². The Kier molecular flexibility index (Phi) is 5.05. The summed E-state index contributed by atoms with van der Waals surface area (Å²) in [7, 11) is 2.13. The maximum atomic E-state index is 5.81. The van der Waals surface area contributed by atoms with Gasteiger partial charge in [0.2, 0.25) is 0 Å². The van der Waals surface area contributed by atoms with Crippen molar-refractivity contribution in [2.45, 2.75) is 57.6 Å². The van der Waals surface area contributed by atoms with E-state index in [0.29, 0.717) is 0 Å². The van der Waals surface area contributed by atoms with E-state index in [4.69, 9.17) is 4.74 Å². The molecule has 0 bridgehead atoms. The molecule has 0 aromatic rings. The Balaban J connectivity index is 1.89. The molecule has 2 rings (SSSR count). The van der Waals surface area contributed by atoms with Crippen molar-refractivity contribution in [2.75, 3.05) is 33.3 Å². The summed E-state index contributed by atoms with van der Waals surface area (Å²) in [6.07, 6.45) is 6.98. The average Bonchev–Trinajstić information content (AvgIpc) is 2.53. The summed E-state index contributed by atoms with van der Waals surface area (Å²) in [5, 5.41) is 3.55. The van der Waals surface area contributed by atoms with Crippen molar-refractivity contribution in [1.82, 2.24) is 10.2 Å². The van der Waals surface area contributed by atoms with Crippen molar-refractivity contribution < 1.29 is 4.74 Å². The molecule has 0 aromatic carbocycles.